The summed E-state index contributed by atoms with van der Waals surface area (Å²) in [5, 5.41) is 13.0. The highest BCUT2D eigenvalue weighted by Gasteiger charge is 2.32. The maximum atomic E-state index is 13.0. The number of aromatic nitrogens is 5. The zero-order chi connectivity index (χ0) is 21.5. The number of benzene rings is 1. The van der Waals surface area contributed by atoms with Crippen molar-refractivity contribution in [3.8, 4) is 11.1 Å². The number of hydrogen-bond donors (Lipinski definition) is 0. The van der Waals surface area contributed by atoms with Crippen molar-refractivity contribution in [1.82, 2.24) is 34.4 Å². The molecule has 0 N–H and O–H groups in total. The average Bonchev–Trinajstić information content (AvgIpc) is 3.40. The van der Waals surface area contributed by atoms with E-state index in [4.69, 9.17) is 0 Å². The first kappa shape index (κ1) is 19.4. The summed E-state index contributed by atoms with van der Waals surface area (Å²) in [7, 11) is 3.86. The van der Waals surface area contributed by atoms with Crippen LogP contribution in [-0.4, -0.2) is 67.0 Å². The highest BCUT2D eigenvalue weighted by Crippen LogP contribution is 2.28. The standard InChI is InChI=1S/C23H25N7O/c1-16-4-6-17(7-5-16)18-8-9-19-22(25-26-30(19)14-18)21-15-29(13-12-27(21)2)23(31)20-10-11-24-28(20)3/h4-11,14,21H,12-13,15H2,1-3H3/t21-/m0/s1. The number of aryl methyl sites for hydroxylation is 2. The molecule has 0 unspecified atom stereocenters. The molecular formula is C23H25N7O. The third-order valence-electron chi connectivity index (χ3n) is 6.12. The molecule has 0 saturated carbocycles. The number of fused-ring (bicyclic) bond motifs is 1. The van der Waals surface area contributed by atoms with Crippen LogP contribution in [0.2, 0.25) is 0 Å². The van der Waals surface area contributed by atoms with Crippen LogP contribution in [0, 0.1) is 6.92 Å². The maximum Gasteiger partial charge on any atom is 0.272 e. The molecule has 1 aliphatic rings. The van der Waals surface area contributed by atoms with Crippen LogP contribution in [0.25, 0.3) is 16.6 Å². The third kappa shape index (κ3) is 3.48. The van der Waals surface area contributed by atoms with Crippen LogP contribution in [0.4, 0.5) is 0 Å². The van der Waals surface area contributed by atoms with E-state index in [0.717, 1.165) is 28.9 Å². The molecule has 4 heterocycles. The number of rotatable bonds is 3. The van der Waals surface area contributed by atoms with Gasteiger partial charge in [0.15, 0.2) is 0 Å². The quantitative estimate of drug-likeness (QED) is 0.514. The van der Waals surface area contributed by atoms with Gasteiger partial charge in [0.05, 0.1) is 11.6 Å². The summed E-state index contributed by atoms with van der Waals surface area (Å²) in [5.41, 5.74) is 5.92. The Morgan fingerprint density at radius 2 is 1.77 bits per heavy atom. The van der Waals surface area contributed by atoms with Crippen molar-refractivity contribution in [3.63, 3.8) is 0 Å². The van der Waals surface area contributed by atoms with Crippen LogP contribution in [0.3, 0.4) is 0 Å². The number of amides is 1. The zero-order valence-corrected chi connectivity index (χ0v) is 17.9. The van der Waals surface area contributed by atoms with Crippen molar-refractivity contribution >= 4 is 11.4 Å². The van der Waals surface area contributed by atoms with Gasteiger partial charge in [0.25, 0.3) is 5.91 Å². The lowest BCUT2D eigenvalue weighted by molar-refractivity contribution is 0.0531. The number of likely N-dealkylation sites (N-methyl/N-ethyl adjacent to an activating group) is 1. The SMILES string of the molecule is Cc1ccc(-c2ccc3c([C@@H]4CN(C(=O)c5ccnn5C)CCN4C)nnn3c2)cc1. The summed E-state index contributed by atoms with van der Waals surface area (Å²) >= 11 is 0. The zero-order valence-electron chi connectivity index (χ0n) is 17.9. The molecule has 31 heavy (non-hydrogen) atoms. The van der Waals surface area contributed by atoms with Crippen LogP contribution in [0.1, 0.15) is 27.8 Å². The minimum atomic E-state index is -0.0198. The molecule has 4 aromatic rings. The lowest BCUT2D eigenvalue weighted by Crippen LogP contribution is -2.49. The molecule has 5 rings (SSSR count). The molecule has 8 nitrogen and oxygen atoms in total. The van der Waals surface area contributed by atoms with Gasteiger partial charge in [-0.15, -0.1) is 5.10 Å². The molecule has 1 saturated heterocycles. The van der Waals surface area contributed by atoms with E-state index < -0.39 is 0 Å². The Morgan fingerprint density at radius 1 is 1.00 bits per heavy atom. The lowest BCUT2D eigenvalue weighted by Gasteiger charge is -2.38. The normalized spacial score (nSPS) is 17.4. The fourth-order valence-electron chi connectivity index (χ4n) is 4.17. The second-order valence-electron chi connectivity index (χ2n) is 8.18. The molecule has 1 amide bonds. The molecular weight excluding hydrogens is 390 g/mol. The van der Waals surface area contributed by atoms with Gasteiger partial charge in [-0.05, 0) is 31.7 Å². The first-order valence-electron chi connectivity index (χ1n) is 10.4. The van der Waals surface area contributed by atoms with Crippen molar-refractivity contribution in [2.45, 2.75) is 13.0 Å². The van der Waals surface area contributed by atoms with E-state index in [2.05, 4.69) is 70.7 Å². The second kappa shape index (κ2) is 7.63. The highest BCUT2D eigenvalue weighted by atomic mass is 16.2. The van der Waals surface area contributed by atoms with Crippen molar-refractivity contribution in [1.29, 1.82) is 0 Å². The molecule has 3 aromatic heterocycles. The highest BCUT2D eigenvalue weighted by molar-refractivity contribution is 5.92. The average molecular weight is 416 g/mol. The Hall–Kier alpha value is -3.52. The summed E-state index contributed by atoms with van der Waals surface area (Å²) in [5.74, 6) is -0.00349. The number of carbonyl (C=O) groups excluding carboxylic acids is 1. The van der Waals surface area contributed by atoms with Crippen LogP contribution in [0.15, 0.2) is 54.9 Å². The van der Waals surface area contributed by atoms with Crippen molar-refractivity contribution in [2.75, 3.05) is 26.7 Å². The maximum absolute atomic E-state index is 13.0. The van der Waals surface area contributed by atoms with E-state index in [-0.39, 0.29) is 11.9 Å². The lowest BCUT2D eigenvalue weighted by atomic mass is 10.0. The van der Waals surface area contributed by atoms with Crippen molar-refractivity contribution < 1.29 is 4.79 Å². The predicted molar refractivity (Wildman–Crippen MR) is 118 cm³/mol. The Balaban J connectivity index is 1.44. The van der Waals surface area contributed by atoms with E-state index in [1.807, 2.05) is 15.6 Å². The van der Waals surface area contributed by atoms with Gasteiger partial charge in [0.1, 0.15) is 11.4 Å². The molecule has 0 aliphatic carbocycles. The first-order chi connectivity index (χ1) is 15.0. The first-order valence-corrected chi connectivity index (χ1v) is 10.4. The van der Waals surface area contributed by atoms with E-state index in [1.54, 1.807) is 24.0 Å². The second-order valence-corrected chi connectivity index (χ2v) is 8.18. The minimum Gasteiger partial charge on any atom is -0.334 e. The molecule has 0 spiro atoms. The van der Waals surface area contributed by atoms with E-state index in [1.165, 1.54) is 5.56 Å². The van der Waals surface area contributed by atoms with Gasteiger partial charge in [-0.1, -0.05) is 41.1 Å². The summed E-state index contributed by atoms with van der Waals surface area (Å²) < 4.78 is 3.45. The molecule has 1 fully saturated rings. The van der Waals surface area contributed by atoms with E-state index in [9.17, 15) is 4.79 Å². The van der Waals surface area contributed by atoms with Crippen LogP contribution >= 0.6 is 0 Å². The van der Waals surface area contributed by atoms with Gasteiger partial charge >= 0.3 is 0 Å². The largest absolute Gasteiger partial charge is 0.334 e. The summed E-state index contributed by atoms with van der Waals surface area (Å²) in [4.78, 5) is 17.1. The van der Waals surface area contributed by atoms with E-state index >= 15 is 0 Å². The predicted octanol–water partition coefficient (Wildman–Crippen LogP) is 2.57. The summed E-state index contributed by atoms with van der Waals surface area (Å²) in [6, 6.07) is 14.4. The number of carbonyl (C=O) groups is 1. The number of pyridine rings is 1. The van der Waals surface area contributed by atoms with Gasteiger partial charge in [-0.3, -0.25) is 14.4 Å². The molecule has 1 atom stereocenters. The van der Waals surface area contributed by atoms with Crippen molar-refractivity contribution in [3.05, 3.63) is 71.8 Å². The minimum absolute atomic E-state index is 0.00349. The van der Waals surface area contributed by atoms with Gasteiger partial charge < -0.3 is 4.90 Å². The van der Waals surface area contributed by atoms with E-state index in [0.29, 0.717) is 18.8 Å². The fourth-order valence-corrected chi connectivity index (χ4v) is 4.17. The Bertz CT molecular complexity index is 1240. The monoisotopic (exact) mass is 415 g/mol. The van der Waals surface area contributed by atoms with Crippen LogP contribution in [-0.2, 0) is 7.05 Å². The molecule has 0 radical (unpaired) electrons. The smallest absolute Gasteiger partial charge is 0.272 e. The Kier molecular flexibility index (Phi) is 4.78. The molecule has 1 aliphatic heterocycles. The number of hydrogen-bond acceptors (Lipinski definition) is 5. The van der Waals surface area contributed by atoms with Crippen LogP contribution < -0.4 is 0 Å². The Morgan fingerprint density at radius 3 is 2.52 bits per heavy atom. The molecule has 8 heteroatoms. The summed E-state index contributed by atoms with van der Waals surface area (Å²) in [6.45, 7) is 4.09. The Labute approximate surface area is 180 Å². The molecule has 0 bridgehead atoms. The fraction of sp³-hybridized carbons (Fsp3) is 0.304. The van der Waals surface area contributed by atoms with Gasteiger partial charge in [-0.2, -0.15) is 5.10 Å². The van der Waals surface area contributed by atoms with Gasteiger partial charge in [0.2, 0.25) is 0 Å². The number of piperazine rings is 1. The topological polar surface area (TPSA) is 71.6 Å². The van der Waals surface area contributed by atoms with Gasteiger partial charge in [-0.25, -0.2) is 4.52 Å². The van der Waals surface area contributed by atoms with Crippen LogP contribution in [0.5, 0.6) is 0 Å². The molecule has 1 aromatic carbocycles. The summed E-state index contributed by atoms with van der Waals surface area (Å²) in [6.07, 6.45) is 3.66. The number of nitrogens with zero attached hydrogens (tertiary/aromatic N) is 7. The third-order valence-corrected chi connectivity index (χ3v) is 6.12. The van der Waals surface area contributed by atoms with Crippen molar-refractivity contribution in [2.24, 2.45) is 7.05 Å². The van der Waals surface area contributed by atoms with Gasteiger partial charge in [0, 0.05) is 44.6 Å². The molecule has 158 valence electrons.